The summed E-state index contributed by atoms with van der Waals surface area (Å²) in [5.74, 6) is -0.0171. The van der Waals surface area contributed by atoms with Crippen molar-refractivity contribution in [1.82, 2.24) is 9.55 Å². The van der Waals surface area contributed by atoms with Crippen LogP contribution in [0.3, 0.4) is 0 Å². The van der Waals surface area contributed by atoms with Crippen LogP contribution >= 0.6 is 15.6 Å². The number of rotatable bonds is 12. The van der Waals surface area contributed by atoms with Gasteiger partial charge in [0.05, 0.1) is 19.8 Å². The van der Waals surface area contributed by atoms with Crippen LogP contribution in [-0.4, -0.2) is 51.4 Å². The van der Waals surface area contributed by atoms with E-state index in [9.17, 15) is 23.7 Å². The molecule has 2 unspecified atom stereocenters. The maximum Gasteiger partial charge on any atom is 0.472 e. The number of nitrogens with zero attached hydrogens (tertiary/aromatic N) is 2. The predicted molar refractivity (Wildman–Crippen MR) is 113 cm³/mol. The number of hydrogen-bond acceptors (Lipinski definition) is 10. The summed E-state index contributed by atoms with van der Waals surface area (Å²) in [4.78, 5) is 35.7. The fourth-order valence-electron chi connectivity index (χ4n) is 2.67. The summed E-state index contributed by atoms with van der Waals surface area (Å²) in [7, 11) is -8.89. The number of ether oxygens (including phenoxy) is 1. The Balaban J connectivity index is 2.15. The molecule has 4 N–H and O–H groups in total. The maximum absolute atomic E-state index is 12.3. The molecular formula is C17H31N3O10P2. The second kappa shape index (κ2) is 11.3. The third-order valence-electron chi connectivity index (χ3n) is 4.15. The van der Waals surface area contributed by atoms with E-state index < -0.39 is 46.4 Å². The standard InChI is InChI=1S/C17H31N3O10P2/c1-11(2)8-26-31(22,23)28-10-14-13(30-32(24,25)27-9-12(3)4)7-16(29-14)20-6-5-15(18)19-17(20)21/h5-6,11-14,16H,7-10H2,1-4H3,(H,22,23)(H,24,25)(H2,18,19,21)/t13-,14+,16+/m0/s1. The lowest BCUT2D eigenvalue weighted by atomic mass is 10.2. The monoisotopic (exact) mass is 499 g/mol. The van der Waals surface area contributed by atoms with Gasteiger partial charge in [0.15, 0.2) is 0 Å². The second-order valence-electron chi connectivity index (χ2n) is 8.16. The molecule has 1 aliphatic heterocycles. The van der Waals surface area contributed by atoms with Crippen LogP contribution in [0.4, 0.5) is 5.82 Å². The first kappa shape index (κ1) is 27.1. The molecule has 1 aromatic heterocycles. The van der Waals surface area contributed by atoms with Crippen LogP contribution in [-0.2, 0) is 32.0 Å². The Hall–Kier alpha value is -1.14. The molecular weight excluding hydrogens is 468 g/mol. The third kappa shape index (κ3) is 8.66. The topological polar surface area (TPSA) is 182 Å². The zero-order chi connectivity index (χ0) is 24.1. The van der Waals surface area contributed by atoms with E-state index >= 15 is 0 Å². The van der Waals surface area contributed by atoms with Crippen molar-refractivity contribution in [3.63, 3.8) is 0 Å². The molecule has 1 saturated heterocycles. The molecule has 1 fully saturated rings. The van der Waals surface area contributed by atoms with Crippen molar-refractivity contribution in [2.45, 2.75) is 52.6 Å². The van der Waals surface area contributed by atoms with Crippen LogP contribution in [0.1, 0.15) is 40.3 Å². The molecule has 0 spiro atoms. The quantitative estimate of drug-likeness (QED) is 0.357. The van der Waals surface area contributed by atoms with Gasteiger partial charge in [0.1, 0.15) is 24.3 Å². The van der Waals surface area contributed by atoms with Crippen LogP contribution in [0, 0.1) is 11.8 Å². The number of nitrogens with two attached hydrogens (primary N) is 1. The van der Waals surface area contributed by atoms with Crippen LogP contribution < -0.4 is 11.4 Å². The molecule has 32 heavy (non-hydrogen) atoms. The van der Waals surface area contributed by atoms with E-state index in [0.717, 1.165) is 4.57 Å². The molecule has 0 amide bonds. The van der Waals surface area contributed by atoms with Crippen molar-refractivity contribution in [1.29, 1.82) is 0 Å². The van der Waals surface area contributed by atoms with Crippen molar-refractivity contribution < 1.29 is 41.7 Å². The van der Waals surface area contributed by atoms with Gasteiger partial charge in [-0.15, -0.1) is 0 Å². The number of hydrogen-bond donors (Lipinski definition) is 3. The molecule has 5 atom stereocenters. The first-order chi connectivity index (χ1) is 14.8. The summed E-state index contributed by atoms with van der Waals surface area (Å²) in [6.07, 6.45) is -1.84. The van der Waals surface area contributed by atoms with E-state index in [-0.39, 0.29) is 37.3 Å². The normalized spacial score (nSPS) is 25.2. The first-order valence-electron chi connectivity index (χ1n) is 10.1. The molecule has 13 nitrogen and oxygen atoms in total. The zero-order valence-electron chi connectivity index (χ0n) is 18.4. The Morgan fingerprint density at radius 1 is 1.16 bits per heavy atom. The predicted octanol–water partition coefficient (Wildman–Crippen LogP) is 2.06. The highest BCUT2D eigenvalue weighted by atomic mass is 31.2. The SMILES string of the molecule is CC(C)COP(=O)(O)OC[C@H]1O[C@@H](n2ccc(N)nc2=O)C[C@@H]1OP(=O)(O)OCC(C)C. The lowest BCUT2D eigenvalue weighted by molar-refractivity contribution is -0.0473. The average Bonchev–Trinajstić information content (AvgIpc) is 3.05. The van der Waals surface area contributed by atoms with Gasteiger partial charge in [-0.05, 0) is 17.9 Å². The van der Waals surface area contributed by atoms with Gasteiger partial charge in [0.2, 0.25) is 0 Å². The minimum atomic E-state index is -4.48. The van der Waals surface area contributed by atoms with Gasteiger partial charge in [0.25, 0.3) is 0 Å². The summed E-state index contributed by atoms with van der Waals surface area (Å²) in [6, 6.07) is 1.38. The highest BCUT2D eigenvalue weighted by molar-refractivity contribution is 7.47. The van der Waals surface area contributed by atoms with Crippen molar-refractivity contribution >= 4 is 21.5 Å². The summed E-state index contributed by atoms with van der Waals surface area (Å²) in [5.41, 5.74) is 4.80. The van der Waals surface area contributed by atoms with Gasteiger partial charge < -0.3 is 20.3 Å². The molecule has 184 valence electrons. The molecule has 0 aliphatic carbocycles. The summed E-state index contributed by atoms with van der Waals surface area (Å²) >= 11 is 0. The average molecular weight is 499 g/mol. The Morgan fingerprint density at radius 3 is 2.31 bits per heavy atom. The van der Waals surface area contributed by atoms with Gasteiger partial charge in [-0.3, -0.25) is 22.7 Å². The number of phosphoric acid groups is 2. The Morgan fingerprint density at radius 2 is 1.75 bits per heavy atom. The Kier molecular flexibility index (Phi) is 9.59. The van der Waals surface area contributed by atoms with Crippen LogP contribution in [0.2, 0.25) is 0 Å². The van der Waals surface area contributed by atoms with E-state index in [2.05, 4.69) is 4.98 Å². The van der Waals surface area contributed by atoms with Gasteiger partial charge in [-0.1, -0.05) is 27.7 Å². The lowest BCUT2D eigenvalue weighted by Crippen LogP contribution is -2.29. The van der Waals surface area contributed by atoms with Crippen molar-refractivity contribution in [2.24, 2.45) is 11.8 Å². The number of phosphoric ester groups is 2. The molecule has 2 heterocycles. The van der Waals surface area contributed by atoms with Crippen molar-refractivity contribution in [2.75, 3.05) is 25.6 Å². The highest BCUT2D eigenvalue weighted by Gasteiger charge is 2.43. The number of aromatic nitrogens is 2. The fourth-order valence-corrected chi connectivity index (χ4v) is 4.68. The molecule has 0 radical (unpaired) electrons. The minimum absolute atomic E-state index is 0.00876. The largest absolute Gasteiger partial charge is 0.472 e. The molecule has 2 rings (SSSR count). The van der Waals surface area contributed by atoms with E-state index in [1.165, 1.54) is 12.3 Å². The van der Waals surface area contributed by atoms with Gasteiger partial charge in [-0.25, -0.2) is 13.9 Å². The Labute approximate surface area is 186 Å². The summed E-state index contributed by atoms with van der Waals surface area (Å²) in [6.45, 7) is 6.63. The molecule has 0 aromatic carbocycles. The van der Waals surface area contributed by atoms with Gasteiger partial charge in [-0.2, -0.15) is 4.98 Å². The van der Waals surface area contributed by atoms with Gasteiger partial charge >= 0.3 is 21.3 Å². The van der Waals surface area contributed by atoms with Crippen molar-refractivity contribution in [3.05, 3.63) is 22.7 Å². The molecule has 0 bridgehead atoms. The summed E-state index contributed by atoms with van der Waals surface area (Å²) in [5, 5.41) is 0. The van der Waals surface area contributed by atoms with Gasteiger partial charge in [0, 0.05) is 12.6 Å². The van der Waals surface area contributed by atoms with E-state index in [0.29, 0.717) is 0 Å². The molecule has 15 heteroatoms. The molecule has 0 saturated carbocycles. The van der Waals surface area contributed by atoms with Crippen LogP contribution in [0.25, 0.3) is 0 Å². The second-order valence-corrected chi connectivity index (χ2v) is 11.0. The van der Waals surface area contributed by atoms with Crippen LogP contribution in [0.5, 0.6) is 0 Å². The molecule has 1 aliphatic rings. The van der Waals surface area contributed by atoms with E-state index in [1.54, 1.807) is 27.7 Å². The first-order valence-corrected chi connectivity index (χ1v) is 13.0. The summed E-state index contributed by atoms with van der Waals surface area (Å²) < 4.78 is 51.4. The highest BCUT2D eigenvalue weighted by Crippen LogP contribution is 2.50. The lowest BCUT2D eigenvalue weighted by Gasteiger charge is -2.22. The van der Waals surface area contributed by atoms with E-state index in [1.807, 2.05) is 0 Å². The smallest absolute Gasteiger partial charge is 0.383 e. The number of anilines is 1. The zero-order valence-corrected chi connectivity index (χ0v) is 20.2. The Bertz CT molecular complexity index is 909. The third-order valence-corrected chi connectivity index (χ3v) is 6.12. The maximum atomic E-state index is 12.3. The van der Waals surface area contributed by atoms with E-state index in [4.69, 9.17) is 28.6 Å². The number of nitrogen functional groups attached to an aromatic ring is 1. The van der Waals surface area contributed by atoms with Crippen molar-refractivity contribution in [3.8, 4) is 0 Å². The molecule has 1 aromatic rings. The minimum Gasteiger partial charge on any atom is -0.383 e. The fraction of sp³-hybridized carbons (Fsp3) is 0.765. The van der Waals surface area contributed by atoms with Crippen LogP contribution in [0.15, 0.2) is 17.1 Å².